The van der Waals surface area contributed by atoms with Crippen molar-refractivity contribution in [3.63, 3.8) is 0 Å². The fourth-order valence-corrected chi connectivity index (χ4v) is 2.16. The normalized spacial score (nSPS) is 19.4. The van der Waals surface area contributed by atoms with Crippen molar-refractivity contribution in [1.29, 1.82) is 0 Å². The number of anilines is 1. The van der Waals surface area contributed by atoms with Crippen LogP contribution in [-0.4, -0.2) is 37.9 Å². The Morgan fingerprint density at radius 1 is 1.40 bits per heavy atom. The number of carbonyl (C=O) groups excluding carboxylic acids is 1. The summed E-state index contributed by atoms with van der Waals surface area (Å²) in [6.07, 6.45) is 2.30. The molecule has 1 heterocycles. The Morgan fingerprint density at radius 3 is 2.90 bits per heavy atom. The van der Waals surface area contributed by atoms with Crippen LogP contribution < -0.4 is 16.0 Å². The van der Waals surface area contributed by atoms with Gasteiger partial charge in [-0.15, -0.1) is 0 Å². The smallest absolute Gasteiger partial charge is 0.315 e. The van der Waals surface area contributed by atoms with E-state index in [0.717, 1.165) is 25.1 Å². The number of rotatable bonds is 6. The molecule has 0 aromatic heterocycles. The summed E-state index contributed by atoms with van der Waals surface area (Å²) in [6.45, 7) is 4.06. The third kappa shape index (κ3) is 5.09. The first-order valence-corrected chi connectivity index (χ1v) is 7.19. The molecule has 110 valence electrons. The Kier molecular flexibility index (Phi) is 5.68. The first kappa shape index (κ1) is 14.7. The molecule has 0 saturated carbocycles. The number of hydrogen-bond donors (Lipinski definition) is 3. The van der Waals surface area contributed by atoms with Crippen LogP contribution in [-0.2, 0) is 4.74 Å². The SMILES string of the molecule is C[C@H](CNc1ccccc1)NC(=O)NC[C@@H]1CCCO1. The second kappa shape index (κ2) is 7.75. The zero-order valence-corrected chi connectivity index (χ0v) is 11.9. The molecule has 2 rings (SSSR count). The monoisotopic (exact) mass is 277 g/mol. The molecule has 1 aromatic carbocycles. The third-order valence-corrected chi connectivity index (χ3v) is 3.28. The van der Waals surface area contributed by atoms with Crippen LogP contribution in [0.25, 0.3) is 0 Å². The molecule has 1 fully saturated rings. The maximum absolute atomic E-state index is 11.7. The molecule has 0 bridgehead atoms. The van der Waals surface area contributed by atoms with Crippen molar-refractivity contribution in [3.05, 3.63) is 30.3 Å². The van der Waals surface area contributed by atoms with Gasteiger partial charge in [0, 0.05) is 31.4 Å². The Bertz CT molecular complexity index is 405. The van der Waals surface area contributed by atoms with Crippen molar-refractivity contribution < 1.29 is 9.53 Å². The molecule has 1 aliphatic rings. The largest absolute Gasteiger partial charge is 0.383 e. The number of ether oxygens (including phenoxy) is 1. The van der Waals surface area contributed by atoms with Gasteiger partial charge in [0.1, 0.15) is 0 Å². The lowest BCUT2D eigenvalue weighted by Crippen LogP contribution is -2.45. The number of para-hydroxylation sites is 1. The molecule has 2 amide bonds. The summed E-state index contributed by atoms with van der Waals surface area (Å²) in [6, 6.07) is 9.87. The summed E-state index contributed by atoms with van der Waals surface area (Å²) in [5, 5.41) is 9.04. The first-order chi connectivity index (χ1) is 9.74. The minimum Gasteiger partial charge on any atom is -0.383 e. The topological polar surface area (TPSA) is 62.4 Å². The standard InChI is InChI=1S/C15H23N3O2/c1-12(10-16-13-6-3-2-4-7-13)18-15(19)17-11-14-8-5-9-20-14/h2-4,6-7,12,14,16H,5,8-11H2,1H3,(H2,17,18,19)/t12-,14+/m1/s1. The van der Waals surface area contributed by atoms with E-state index in [1.165, 1.54) is 0 Å². The van der Waals surface area contributed by atoms with Gasteiger partial charge in [0.15, 0.2) is 0 Å². The summed E-state index contributed by atoms with van der Waals surface area (Å²) >= 11 is 0. The Balaban J connectivity index is 1.60. The van der Waals surface area contributed by atoms with Gasteiger partial charge < -0.3 is 20.7 Å². The molecular weight excluding hydrogens is 254 g/mol. The van der Waals surface area contributed by atoms with E-state index in [4.69, 9.17) is 4.74 Å². The van der Waals surface area contributed by atoms with E-state index in [-0.39, 0.29) is 18.2 Å². The first-order valence-electron chi connectivity index (χ1n) is 7.19. The van der Waals surface area contributed by atoms with Gasteiger partial charge in [0.05, 0.1) is 6.10 Å². The van der Waals surface area contributed by atoms with E-state index in [0.29, 0.717) is 13.1 Å². The quantitative estimate of drug-likeness (QED) is 0.745. The van der Waals surface area contributed by atoms with Crippen molar-refractivity contribution in [3.8, 4) is 0 Å². The second-order valence-corrected chi connectivity index (χ2v) is 5.14. The molecule has 1 saturated heterocycles. The van der Waals surface area contributed by atoms with Crippen LogP contribution in [0.4, 0.5) is 10.5 Å². The van der Waals surface area contributed by atoms with Gasteiger partial charge in [-0.25, -0.2) is 4.79 Å². The van der Waals surface area contributed by atoms with Crippen LogP contribution >= 0.6 is 0 Å². The summed E-state index contributed by atoms with van der Waals surface area (Å²) < 4.78 is 5.46. The van der Waals surface area contributed by atoms with Gasteiger partial charge in [0.2, 0.25) is 0 Å². The highest BCUT2D eigenvalue weighted by Crippen LogP contribution is 2.10. The summed E-state index contributed by atoms with van der Waals surface area (Å²) in [7, 11) is 0. The minimum absolute atomic E-state index is 0.0553. The number of nitrogens with one attached hydrogen (secondary N) is 3. The van der Waals surface area contributed by atoms with E-state index < -0.39 is 0 Å². The Labute approximate surface area is 120 Å². The van der Waals surface area contributed by atoms with Crippen LogP contribution in [0.5, 0.6) is 0 Å². The number of urea groups is 1. The second-order valence-electron chi connectivity index (χ2n) is 5.14. The van der Waals surface area contributed by atoms with Crippen molar-refractivity contribution in [1.82, 2.24) is 10.6 Å². The van der Waals surface area contributed by atoms with Crippen LogP contribution in [0.2, 0.25) is 0 Å². The van der Waals surface area contributed by atoms with Gasteiger partial charge >= 0.3 is 6.03 Å². The number of carbonyl (C=O) groups is 1. The van der Waals surface area contributed by atoms with Crippen molar-refractivity contribution in [2.75, 3.05) is 25.0 Å². The van der Waals surface area contributed by atoms with Crippen molar-refractivity contribution >= 4 is 11.7 Å². The highest BCUT2D eigenvalue weighted by atomic mass is 16.5. The van der Waals surface area contributed by atoms with E-state index >= 15 is 0 Å². The van der Waals surface area contributed by atoms with Crippen LogP contribution in [0.15, 0.2) is 30.3 Å². The van der Waals surface area contributed by atoms with Gasteiger partial charge in [-0.2, -0.15) is 0 Å². The third-order valence-electron chi connectivity index (χ3n) is 3.28. The zero-order chi connectivity index (χ0) is 14.2. The molecule has 1 aromatic rings. The zero-order valence-electron chi connectivity index (χ0n) is 11.9. The van der Waals surface area contributed by atoms with Crippen LogP contribution in [0.1, 0.15) is 19.8 Å². The maximum Gasteiger partial charge on any atom is 0.315 e. The summed E-state index contributed by atoms with van der Waals surface area (Å²) in [5.74, 6) is 0. The van der Waals surface area contributed by atoms with E-state index in [1.807, 2.05) is 37.3 Å². The molecular formula is C15H23N3O2. The van der Waals surface area contributed by atoms with E-state index in [2.05, 4.69) is 16.0 Å². The minimum atomic E-state index is -0.136. The van der Waals surface area contributed by atoms with Crippen LogP contribution in [0.3, 0.4) is 0 Å². The van der Waals surface area contributed by atoms with Gasteiger partial charge in [-0.05, 0) is 31.9 Å². The molecule has 0 spiro atoms. The Morgan fingerprint density at radius 2 is 2.20 bits per heavy atom. The molecule has 2 atom stereocenters. The lowest BCUT2D eigenvalue weighted by Gasteiger charge is -2.17. The number of amides is 2. The highest BCUT2D eigenvalue weighted by Gasteiger charge is 2.16. The van der Waals surface area contributed by atoms with Gasteiger partial charge in [0.25, 0.3) is 0 Å². The lowest BCUT2D eigenvalue weighted by molar-refractivity contribution is 0.111. The van der Waals surface area contributed by atoms with Crippen LogP contribution in [0, 0.1) is 0 Å². The molecule has 3 N–H and O–H groups in total. The average Bonchev–Trinajstić information content (AvgIpc) is 2.97. The van der Waals surface area contributed by atoms with Gasteiger partial charge in [-0.1, -0.05) is 18.2 Å². The van der Waals surface area contributed by atoms with Crippen molar-refractivity contribution in [2.45, 2.75) is 31.9 Å². The average molecular weight is 277 g/mol. The molecule has 1 aliphatic heterocycles. The fraction of sp³-hybridized carbons (Fsp3) is 0.533. The summed E-state index contributed by atoms with van der Waals surface area (Å²) in [5.41, 5.74) is 1.06. The van der Waals surface area contributed by atoms with E-state index in [9.17, 15) is 4.79 Å². The maximum atomic E-state index is 11.7. The summed E-state index contributed by atoms with van der Waals surface area (Å²) in [4.78, 5) is 11.7. The fourth-order valence-electron chi connectivity index (χ4n) is 2.16. The predicted molar refractivity (Wildman–Crippen MR) is 79.9 cm³/mol. The molecule has 0 aliphatic carbocycles. The highest BCUT2D eigenvalue weighted by molar-refractivity contribution is 5.74. The molecule has 5 nitrogen and oxygen atoms in total. The predicted octanol–water partition coefficient (Wildman–Crippen LogP) is 1.97. The van der Waals surface area contributed by atoms with Gasteiger partial charge in [-0.3, -0.25) is 0 Å². The lowest BCUT2D eigenvalue weighted by atomic mass is 10.2. The number of benzene rings is 1. The molecule has 5 heteroatoms. The molecule has 0 unspecified atom stereocenters. The molecule has 0 radical (unpaired) electrons. The number of hydrogen-bond acceptors (Lipinski definition) is 3. The Hall–Kier alpha value is -1.75. The molecule has 20 heavy (non-hydrogen) atoms. The van der Waals surface area contributed by atoms with Crippen molar-refractivity contribution in [2.24, 2.45) is 0 Å². The van der Waals surface area contributed by atoms with E-state index in [1.54, 1.807) is 0 Å².